The van der Waals surface area contributed by atoms with E-state index in [1.807, 2.05) is 0 Å². The molecule has 0 bridgehead atoms. The Morgan fingerprint density at radius 2 is 2.00 bits per heavy atom. The molecule has 0 radical (unpaired) electrons. The van der Waals surface area contributed by atoms with Crippen molar-refractivity contribution < 1.29 is 0 Å². The maximum absolute atomic E-state index is 5.96. The van der Waals surface area contributed by atoms with Crippen LogP contribution in [-0.4, -0.2) is 6.04 Å². The van der Waals surface area contributed by atoms with Crippen LogP contribution in [0.15, 0.2) is 0 Å². The molecular weight excluding hydrogens is 146 g/mol. The summed E-state index contributed by atoms with van der Waals surface area (Å²) < 4.78 is 0. The zero-order chi connectivity index (χ0) is 8.97. The Labute approximate surface area is 75.7 Å². The number of hydrogen-bond donors (Lipinski definition) is 1. The molecule has 1 saturated carbocycles. The molecule has 1 aliphatic rings. The van der Waals surface area contributed by atoms with Gasteiger partial charge in [0.05, 0.1) is 0 Å². The molecule has 0 aromatic heterocycles. The lowest BCUT2D eigenvalue weighted by Gasteiger charge is -2.29. The van der Waals surface area contributed by atoms with Crippen LogP contribution in [0, 0.1) is 24.2 Å². The van der Waals surface area contributed by atoms with Gasteiger partial charge in [-0.15, -0.1) is 12.3 Å². The van der Waals surface area contributed by atoms with Gasteiger partial charge in [0.15, 0.2) is 0 Å². The minimum absolute atomic E-state index is 0.252. The SMILES string of the molecule is C#CCC(N)C1CCC(C)CC1. The van der Waals surface area contributed by atoms with Gasteiger partial charge in [-0.1, -0.05) is 19.8 Å². The minimum atomic E-state index is 0.252. The molecule has 1 atom stereocenters. The van der Waals surface area contributed by atoms with Crippen LogP contribution >= 0.6 is 0 Å². The van der Waals surface area contributed by atoms with Gasteiger partial charge in [0.25, 0.3) is 0 Å². The van der Waals surface area contributed by atoms with E-state index >= 15 is 0 Å². The number of terminal acetylenes is 1. The van der Waals surface area contributed by atoms with Crippen LogP contribution < -0.4 is 5.73 Å². The number of nitrogens with two attached hydrogens (primary N) is 1. The average Bonchev–Trinajstić information content (AvgIpc) is 2.06. The summed E-state index contributed by atoms with van der Waals surface area (Å²) in [6.07, 6.45) is 11.2. The quantitative estimate of drug-likeness (QED) is 0.623. The lowest BCUT2D eigenvalue weighted by Crippen LogP contribution is -2.32. The lowest BCUT2D eigenvalue weighted by molar-refractivity contribution is 0.256. The van der Waals surface area contributed by atoms with Gasteiger partial charge in [-0.2, -0.15) is 0 Å². The average molecular weight is 165 g/mol. The summed E-state index contributed by atoms with van der Waals surface area (Å²) in [6.45, 7) is 2.32. The first-order valence-electron chi connectivity index (χ1n) is 4.93. The Kier molecular flexibility index (Phi) is 3.62. The van der Waals surface area contributed by atoms with E-state index in [-0.39, 0.29) is 6.04 Å². The van der Waals surface area contributed by atoms with Crippen LogP contribution in [0.2, 0.25) is 0 Å². The van der Waals surface area contributed by atoms with Crippen LogP contribution in [0.5, 0.6) is 0 Å². The molecule has 0 saturated heterocycles. The highest BCUT2D eigenvalue weighted by atomic mass is 14.6. The predicted molar refractivity (Wildman–Crippen MR) is 52.5 cm³/mol. The maximum Gasteiger partial charge on any atom is 0.0241 e. The molecule has 0 aromatic carbocycles. The van der Waals surface area contributed by atoms with Crippen molar-refractivity contribution in [2.45, 2.75) is 45.1 Å². The van der Waals surface area contributed by atoms with Crippen molar-refractivity contribution in [3.63, 3.8) is 0 Å². The number of rotatable bonds is 2. The van der Waals surface area contributed by atoms with Crippen molar-refractivity contribution >= 4 is 0 Å². The third kappa shape index (κ3) is 2.53. The van der Waals surface area contributed by atoms with E-state index in [0.717, 1.165) is 12.3 Å². The topological polar surface area (TPSA) is 26.0 Å². The summed E-state index contributed by atoms with van der Waals surface area (Å²) >= 11 is 0. The molecule has 2 N–H and O–H groups in total. The molecule has 0 aromatic rings. The van der Waals surface area contributed by atoms with Crippen molar-refractivity contribution in [3.05, 3.63) is 0 Å². The standard InChI is InChI=1S/C11H19N/c1-3-4-11(12)10-7-5-9(2)6-8-10/h1,9-11H,4-8,12H2,2H3. The molecule has 0 aliphatic heterocycles. The van der Waals surface area contributed by atoms with E-state index in [4.69, 9.17) is 12.2 Å². The molecule has 1 rings (SSSR count). The van der Waals surface area contributed by atoms with Crippen LogP contribution in [0.1, 0.15) is 39.0 Å². The molecule has 68 valence electrons. The van der Waals surface area contributed by atoms with Gasteiger partial charge in [0.1, 0.15) is 0 Å². The molecule has 1 heteroatoms. The monoisotopic (exact) mass is 165 g/mol. The van der Waals surface area contributed by atoms with Crippen LogP contribution in [0.4, 0.5) is 0 Å². The highest BCUT2D eigenvalue weighted by Crippen LogP contribution is 2.30. The van der Waals surface area contributed by atoms with Crippen molar-refractivity contribution in [1.82, 2.24) is 0 Å². The second-order valence-electron chi connectivity index (χ2n) is 4.09. The summed E-state index contributed by atoms with van der Waals surface area (Å²) in [5.41, 5.74) is 5.96. The molecule has 1 aliphatic carbocycles. The first-order valence-corrected chi connectivity index (χ1v) is 4.93. The van der Waals surface area contributed by atoms with Gasteiger partial charge in [-0.3, -0.25) is 0 Å². The van der Waals surface area contributed by atoms with Crippen LogP contribution in [0.3, 0.4) is 0 Å². The molecule has 0 amide bonds. The number of hydrogen-bond acceptors (Lipinski definition) is 1. The minimum Gasteiger partial charge on any atom is -0.327 e. The summed E-state index contributed by atoms with van der Waals surface area (Å²) in [5, 5.41) is 0. The van der Waals surface area contributed by atoms with Crippen LogP contribution in [0.25, 0.3) is 0 Å². The van der Waals surface area contributed by atoms with E-state index in [9.17, 15) is 0 Å². The fraction of sp³-hybridized carbons (Fsp3) is 0.818. The van der Waals surface area contributed by atoms with Crippen molar-refractivity contribution in [3.8, 4) is 12.3 Å². The van der Waals surface area contributed by atoms with E-state index in [2.05, 4.69) is 12.8 Å². The fourth-order valence-corrected chi connectivity index (χ4v) is 2.02. The van der Waals surface area contributed by atoms with Crippen molar-refractivity contribution in [2.75, 3.05) is 0 Å². The first kappa shape index (κ1) is 9.61. The smallest absolute Gasteiger partial charge is 0.0241 e. The lowest BCUT2D eigenvalue weighted by atomic mass is 9.79. The van der Waals surface area contributed by atoms with E-state index in [1.54, 1.807) is 0 Å². The van der Waals surface area contributed by atoms with Gasteiger partial charge >= 0.3 is 0 Å². The zero-order valence-electron chi connectivity index (χ0n) is 7.92. The highest BCUT2D eigenvalue weighted by Gasteiger charge is 2.22. The first-order chi connectivity index (χ1) is 5.74. The fourth-order valence-electron chi connectivity index (χ4n) is 2.02. The predicted octanol–water partition coefficient (Wildman–Crippen LogP) is 2.16. The van der Waals surface area contributed by atoms with E-state index in [0.29, 0.717) is 5.92 Å². The Morgan fingerprint density at radius 3 is 2.50 bits per heavy atom. The van der Waals surface area contributed by atoms with E-state index < -0.39 is 0 Å². The van der Waals surface area contributed by atoms with Gasteiger partial charge < -0.3 is 5.73 Å². The largest absolute Gasteiger partial charge is 0.327 e. The second kappa shape index (κ2) is 4.52. The highest BCUT2D eigenvalue weighted by molar-refractivity contribution is 4.91. The Hall–Kier alpha value is -0.480. The molecule has 12 heavy (non-hydrogen) atoms. The van der Waals surface area contributed by atoms with E-state index in [1.165, 1.54) is 25.7 Å². The molecule has 0 spiro atoms. The third-order valence-electron chi connectivity index (χ3n) is 3.02. The summed E-state index contributed by atoms with van der Waals surface area (Å²) in [4.78, 5) is 0. The third-order valence-corrected chi connectivity index (χ3v) is 3.02. The van der Waals surface area contributed by atoms with Crippen molar-refractivity contribution in [1.29, 1.82) is 0 Å². The zero-order valence-corrected chi connectivity index (χ0v) is 7.92. The maximum atomic E-state index is 5.96. The Balaban J connectivity index is 2.30. The molecule has 1 nitrogen and oxygen atoms in total. The van der Waals surface area contributed by atoms with Gasteiger partial charge in [-0.05, 0) is 24.7 Å². The summed E-state index contributed by atoms with van der Waals surface area (Å²) in [5.74, 6) is 4.24. The summed E-state index contributed by atoms with van der Waals surface area (Å²) in [7, 11) is 0. The van der Waals surface area contributed by atoms with Crippen LogP contribution in [-0.2, 0) is 0 Å². The Bertz CT molecular complexity index is 160. The van der Waals surface area contributed by atoms with Gasteiger partial charge in [0.2, 0.25) is 0 Å². The molecule has 1 fully saturated rings. The molecular formula is C11H19N. The second-order valence-corrected chi connectivity index (χ2v) is 4.09. The summed E-state index contributed by atoms with van der Waals surface area (Å²) in [6, 6.07) is 0.252. The normalized spacial score (nSPS) is 32.4. The van der Waals surface area contributed by atoms with Gasteiger partial charge in [-0.25, -0.2) is 0 Å². The van der Waals surface area contributed by atoms with Gasteiger partial charge in [0, 0.05) is 12.5 Å². The molecule has 0 heterocycles. The Morgan fingerprint density at radius 1 is 1.42 bits per heavy atom. The van der Waals surface area contributed by atoms with Crippen molar-refractivity contribution in [2.24, 2.45) is 17.6 Å². The molecule has 1 unspecified atom stereocenters.